The normalized spacial score (nSPS) is 12.8. The number of halogens is 4. The Kier molecular flexibility index (Phi) is 6.26. The monoisotopic (exact) mass is 353 g/mol. The lowest BCUT2D eigenvalue weighted by Gasteiger charge is -2.18. The Labute approximate surface area is 135 Å². The molecule has 0 spiro atoms. The maximum absolute atomic E-state index is 12.4. The molecule has 5 nitrogen and oxygen atoms in total. The summed E-state index contributed by atoms with van der Waals surface area (Å²) in [7, 11) is 0. The van der Waals surface area contributed by atoms with Crippen LogP contribution in [-0.2, 0) is 4.79 Å². The molecule has 1 rings (SSSR count). The number of carbonyl (C=O) groups excluding carboxylic acids is 1. The molecule has 23 heavy (non-hydrogen) atoms. The summed E-state index contributed by atoms with van der Waals surface area (Å²) < 4.78 is 42.5. The first-order valence-corrected chi connectivity index (χ1v) is 6.94. The predicted molar refractivity (Wildman–Crippen MR) is 76.8 cm³/mol. The van der Waals surface area contributed by atoms with Crippen LogP contribution in [0.4, 0.5) is 13.2 Å². The fourth-order valence-corrected chi connectivity index (χ4v) is 1.88. The van der Waals surface area contributed by atoms with Gasteiger partial charge >= 0.3 is 12.1 Å². The van der Waals surface area contributed by atoms with Crippen LogP contribution in [0.1, 0.15) is 30.6 Å². The van der Waals surface area contributed by atoms with Gasteiger partial charge in [-0.05, 0) is 32.0 Å². The lowest BCUT2D eigenvalue weighted by molar-refractivity contribution is -0.157. The van der Waals surface area contributed by atoms with Crippen LogP contribution in [0.3, 0.4) is 0 Å². The van der Waals surface area contributed by atoms with Gasteiger partial charge in [0.05, 0.1) is 18.1 Å². The summed E-state index contributed by atoms with van der Waals surface area (Å²) in [5, 5.41) is 10.8. The van der Waals surface area contributed by atoms with Gasteiger partial charge < -0.3 is 15.2 Å². The van der Waals surface area contributed by atoms with Gasteiger partial charge in [-0.2, -0.15) is 13.2 Å². The smallest absolute Gasteiger partial charge is 0.391 e. The van der Waals surface area contributed by atoms with Gasteiger partial charge in [-0.3, -0.25) is 4.79 Å². The van der Waals surface area contributed by atoms with Crippen molar-refractivity contribution in [3.05, 3.63) is 28.8 Å². The molecule has 2 N–H and O–H groups in total. The molecule has 0 radical (unpaired) electrons. The molecule has 0 heterocycles. The van der Waals surface area contributed by atoms with Gasteiger partial charge in [0.1, 0.15) is 11.8 Å². The average Bonchev–Trinajstić information content (AvgIpc) is 2.37. The zero-order valence-corrected chi connectivity index (χ0v) is 13.0. The summed E-state index contributed by atoms with van der Waals surface area (Å²) in [4.78, 5) is 23.0. The van der Waals surface area contributed by atoms with Crippen molar-refractivity contribution in [1.82, 2.24) is 5.32 Å². The number of hydrogen-bond donors (Lipinski definition) is 2. The standard InChI is InChI=1S/C14H15ClF3NO4/c1-7(2)23-11-4-3-8(15)5-9(11)12(20)19-10(13(21)22)6-14(16,17)18/h3-5,7,10H,6H2,1-2H3,(H,19,20)(H,21,22). The number of rotatable bonds is 6. The number of hydrogen-bond acceptors (Lipinski definition) is 3. The number of benzene rings is 1. The van der Waals surface area contributed by atoms with Crippen LogP contribution in [0.25, 0.3) is 0 Å². The topological polar surface area (TPSA) is 75.6 Å². The Morgan fingerprint density at radius 3 is 2.43 bits per heavy atom. The summed E-state index contributed by atoms with van der Waals surface area (Å²) in [6.07, 6.45) is -6.72. The predicted octanol–water partition coefficient (Wildman–Crippen LogP) is 3.26. The van der Waals surface area contributed by atoms with Crippen LogP contribution in [0.5, 0.6) is 5.75 Å². The van der Waals surface area contributed by atoms with Crippen LogP contribution in [0, 0.1) is 0 Å². The van der Waals surface area contributed by atoms with E-state index in [0.29, 0.717) is 0 Å². The van der Waals surface area contributed by atoms with E-state index in [1.807, 2.05) is 5.32 Å². The molecule has 1 unspecified atom stereocenters. The van der Waals surface area contributed by atoms with Crippen LogP contribution in [-0.4, -0.2) is 35.3 Å². The summed E-state index contributed by atoms with van der Waals surface area (Å²) in [5.41, 5.74) is -0.139. The fraction of sp³-hybridized carbons (Fsp3) is 0.429. The molecule has 0 aromatic heterocycles. The van der Waals surface area contributed by atoms with Crippen molar-refractivity contribution in [3.63, 3.8) is 0 Å². The number of carbonyl (C=O) groups is 2. The molecule has 0 saturated heterocycles. The zero-order chi connectivity index (χ0) is 17.8. The molecule has 0 fully saturated rings. The van der Waals surface area contributed by atoms with E-state index < -0.39 is 30.5 Å². The molecule has 1 atom stereocenters. The van der Waals surface area contributed by atoms with E-state index in [0.717, 1.165) is 0 Å². The second-order valence-corrected chi connectivity index (χ2v) is 5.43. The summed E-state index contributed by atoms with van der Waals surface area (Å²) in [6.45, 7) is 3.39. The van der Waals surface area contributed by atoms with Gasteiger partial charge in [-0.1, -0.05) is 11.6 Å². The lowest BCUT2D eigenvalue weighted by atomic mass is 10.1. The third-order valence-corrected chi connectivity index (χ3v) is 2.82. The minimum Gasteiger partial charge on any atom is -0.490 e. The van der Waals surface area contributed by atoms with Gasteiger partial charge in [-0.15, -0.1) is 0 Å². The highest BCUT2D eigenvalue weighted by atomic mass is 35.5. The fourth-order valence-electron chi connectivity index (χ4n) is 1.70. The maximum atomic E-state index is 12.4. The SMILES string of the molecule is CC(C)Oc1ccc(Cl)cc1C(=O)NC(CC(F)(F)F)C(=O)O. The first-order chi connectivity index (χ1) is 10.5. The van der Waals surface area contributed by atoms with Gasteiger partial charge in [0.15, 0.2) is 0 Å². The first kappa shape index (κ1) is 19.1. The summed E-state index contributed by atoms with van der Waals surface area (Å²) >= 11 is 5.77. The molecule has 128 valence electrons. The van der Waals surface area contributed by atoms with Crippen LogP contribution in [0.2, 0.25) is 5.02 Å². The van der Waals surface area contributed by atoms with Crippen molar-refractivity contribution in [2.75, 3.05) is 0 Å². The van der Waals surface area contributed by atoms with Crippen LogP contribution in [0.15, 0.2) is 18.2 Å². The van der Waals surface area contributed by atoms with E-state index in [1.54, 1.807) is 13.8 Å². The van der Waals surface area contributed by atoms with Gasteiger partial charge in [0.2, 0.25) is 0 Å². The number of ether oxygens (including phenoxy) is 1. The van der Waals surface area contributed by atoms with E-state index in [4.69, 9.17) is 21.4 Å². The quantitative estimate of drug-likeness (QED) is 0.823. The largest absolute Gasteiger partial charge is 0.490 e. The second-order valence-electron chi connectivity index (χ2n) is 4.99. The van der Waals surface area contributed by atoms with Gasteiger partial charge in [0.25, 0.3) is 5.91 Å². The highest BCUT2D eigenvalue weighted by Crippen LogP contribution is 2.25. The molecule has 0 bridgehead atoms. The number of aliphatic carboxylic acids is 1. The Bertz CT molecular complexity index is 590. The van der Waals surface area contributed by atoms with Crippen molar-refractivity contribution < 1.29 is 32.6 Å². The highest BCUT2D eigenvalue weighted by molar-refractivity contribution is 6.31. The minimum absolute atomic E-state index is 0.0954. The Balaban J connectivity index is 3.03. The summed E-state index contributed by atoms with van der Waals surface area (Å²) in [6, 6.07) is 1.92. The number of amides is 1. The van der Waals surface area contributed by atoms with Crippen molar-refractivity contribution in [1.29, 1.82) is 0 Å². The number of carboxylic acid groups (broad SMARTS) is 1. The highest BCUT2D eigenvalue weighted by Gasteiger charge is 2.36. The van der Waals surface area contributed by atoms with Gasteiger partial charge in [-0.25, -0.2) is 4.79 Å². The third kappa shape index (κ3) is 6.35. The van der Waals surface area contributed by atoms with Crippen molar-refractivity contribution >= 4 is 23.5 Å². The minimum atomic E-state index is -4.73. The van der Waals surface area contributed by atoms with Crippen LogP contribution < -0.4 is 10.1 Å². The van der Waals surface area contributed by atoms with E-state index in [9.17, 15) is 22.8 Å². The Morgan fingerprint density at radius 2 is 1.96 bits per heavy atom. The number of nitrogens with one attached hydrogen (secondary N) is 1. The Hall–Kier alpha value is -1.96. The van der Waals surface area contributed by atoms with Crippen LogP contribution >= 0.6 is 11.6 Å². The third-order valence-electron chi connectivity index (χ3n) is 2.59. The molecule has 1 aromatic rings. The molecular formula is C14H15ClF3NO4. The maximum Gasteiger partial charge on any atom is 0.391 e. The molecule has 0 aliphatic heterocycles. The van der Waals surface area contributed by atoms with E-state index in [-0.39, 0.29) is 22.4 Å². The van der Waals surface area contributed by atoms with E-state index >= 15 is 0 Å². The molecule has 1 amide bonds. The molecule has 9 heteroatoms. The van der Waals surface area contributed by atoms with E-state index in [2.05, 4.69) is 0 Å². The first-order valence-electron chi connectivity index (χ1n) is 6.56. The number of alkyl halides is 3. The summed E-state index contributed by atoms with van der Waals surface area (Å²) in [5.74, 6) is -2.71. The Morgan fingerprint density at radius 1 is 1.35 bits per heavy atom. The van der Waals surface area contributed by atoms with Crippen molar-refractivity contribution in [2.24, 2.45) is 0 Å². The lowest BCUT2D eigenvalue weighted by Crippen LogP contribution is -2.43. The van der Waals surface area contributed by atoms with Crippen molar-refractivity contribution in [3.8, 4) is 5.75 Å². The number of carboxylic acids is 1. The zero-order valence-electron chi connectivity index (χ0n) is 12.3. The second kappa shape index (κ2) is 7.54. The molecule has 0 aliphatic carbocycles. The van der Waals surface area contributed by atoms with E-state index in [1.165, 1.54) is 18.2 Å². The van der Waals surface area contributed by atoms with Crippen molar-refractivity contribution in [2.45, 2.75) is 38.6 Å². The molecule has 0 saturated carbocycles. The average molecular weight is 354 g/mol. The molecular weight excluding hydrogens is 339 g/mol. The molecule has 1 aromatic carbocycles. The van der Waals surface area contributed by atoms with Gasteiger partial charge in [0, 0.05) is 5.02 Å². The molecule has 0 aliphatic rings.